The molecule has 18 heavy (non-hydrogen) atoms. The molecular weight excluding hydrogens is 252 g/mol. The van der Waals surface area contributed by atoms with E-state index in [1.807, 2.05) is 6.92 Å². The Hall–Kier alpha value is -1.68. The summed E-state index contributed by atoms with van der Waals surface area (Å²) in [6, 6.07) is 3.63. The van der Waals surface area contributed by atoms with Crippen molar-refractivity contribution in [3.05, 3.63) is 28.4 Å². The van der Waals surface area contributed by atoms with Gasteiger partial charge in [-0.1, -0.05) is 11.6 Å². The lowest BCUT2D eigenvalue weighted by atomic mass is 10.1. The van der Waals surface area contributed by atoms with Gasteiger partial charge in [-0.3, -0.25) is 4.79 Å². The minimum Gasteiger partial charge on any atom is -0.506 e. The monoisotopic (exact) mass is 264 g/mol. The van der Waals surface area contributed by atoms with Crippen LogP contribution >= 0.6 is 11.6 Å². The van der Waals surface area contributed by atoms with Crippen LogP contribution in [0.25, 0.3) is 10.9 Å². The summed E-state index contributed by atoms with van der Waals surface area (Å²) in [5, 5.41) is 10.6. The van der Waals surface area contributed by atoms with Crippen LogP contribution < -0.4 is 5.73 Å². The van der Waals surface area contributed by atoms with Crippen molar-refractivity contribution in [1.82, 2.24) is 4.57 Å². The van der Waals surface area contributed by atoms with Crippen LogP contribution in [0.3, 0.4) is 0 Å². The summed E-state index contributed by atoms with van der Waals surface area (Å²) in [7, 11) is 0. The van der Waals surface area contributed by atoms with E-state index >= 15 is 0 Å². The highest BCUT2D eigenvalue weighted by atomic mass is 35.5. The minimum atomic E-state index is -0.473. The summed E-state index contributed by atoms with van der Waals surface area (Å²) in [6.45, 7) is 1.88. The van der Waals surface area contributed by atoms with Crippen molar-refractivity contribution in [2.24, 2.45) is 5.73 Å². The molecule has 0 bridgehead atoms. The van der Waals surface area contributed by atoms with Crippen molar-refractivity contribution in [2.75, 3.05) is 0 Å². The number of nitrogens with zero attached hydrogens (tertiary/aromatic N) is 1. The quantitative estimate of drug-likeness (QED) is 0.876. The second kappa shape index (κ2) is 3.65. The third-order valence-corrected chi connectivity index (χ3v) is 3.78. The number of benzene rings is 1. The van der Waals surface area contributed by atoms with E-state index < -0.39 is 5.91 Å². The van der Waals surface area contributed by atoms with Crippen LogP contribution in [0, 0.1) is 6.92 Å². The molecule has 1 heterocycles. The van der Waals surface area contributed by atoms with Crippen LogP contribution in [0.1, 0.15) is 34.9 Å². The van der Waals surface area contributed by atoms with Gasteiger partial charge in [-0.05, 0) is 31.9 Å². The number of carbonyl (C=O) groups excluding carboxylic acids is 1. The highest BCUT2D eigenvalue weighted by Gasteiger charge is 2.30. The van der Waals surface area contributed by atoms with Crippen LogP contribution in [-0.2, 0) is 0 Å². The Morgan fingerprint density at radius 2 is 2.17 bits per heavy atom. The molecular formula is C13H13ClN2O2. The third-order valence-electron chi connectivity index (χ3n) is 3.48. The lowest BCUT2D eigenvalue weighted by Gasteiger charge is -2.06. The number of aromatic nitrogens is 1. The van der Waals surface area contributed by atoms with Crippen molar-refractivity contribution in [1.29, 1.82) is 0 Å². The number of phenols is 1. The molecule has 2 aromatic rings. The molecule has 5 heteroatoms. The van der Waals surface area contributed by atoms with Gasteiger partial charge in [-0.15, -0.1) is 0 Å². The summed E-state index contributed by atoms with van der Waals surface area (Å²) in [4.78, 5) is 11.6. The predicted octanol–water partition coefficient (Wildman–Crippen LogP) is 2.74. The standard InChI is InChI=1S/C13H13ClN2O2/c1-6-12(13(15)18)8-4-11(17)9(14)5-10(8)16(6)7-2-3-7/h4-5,7,17H,2-3H2,1H3,(H2,15,18). The first-order chi connectivity index (χ1) is 8.50. The molecule has 0 unspecified atom stereocenters. The van der Waals surface area contributed by atoms with Gasteiger partial charge in [0.2, 0.25) is 0 Å². The summed E-state index contributed by atoms with van der Waals surface area (Å²) in [5.74, 6) is -0.502. The maximum Gasteiger partial charge on any atom is 0.251 e. The predicted molar refractivity (Wildman–Crippen MR) is 70.1 cm³/mol. The van der Waals surface area contributed by atoms with E-state index in [0.717, 1.165) is 24.1 Å². The number of hydrogen-bond donors (Lipinski definition) is 2. The van der Waals surface area contributed by atoms with Crippen molar-refractivity contribution >= 4 is 28.4 Å². The molecule has 1 fully saturated rings. The number of phenolic OH excluding ortho intramolecular Hbond substituents is 1. The molecule has 4 nitrogen and oxygen atoms in total. The molecule has 0 radical (unpaired) electrons. The highest BCUT2D eigenvalue weighted by Crippen LogP contribution is 2.43. The van der Waals surface area contributed by atoms with Gasteiger partial charge in [0.25, 0.3) is 5.91 Å². The number of hydrogen-bond acceptors (Lipinski definition) is 2. The molecule has 94 valence electrons. The van der Waals surface area contributed by atoms with E-state index in [4.69, 9.17) is 17.3 Å². The third kappa shape index (κ3) is 1.49. The van der Waals surface area contributed by atoms with Crippen LogP contribution in [-0.4, -0.2) is 15.6 Å². The summed E-state index contributed by atoms with van der Waals surface area (Å²) < 4.78 is 2.10. The Balaban J connectivity index is 2.43. The molecule has 0 aliphatic heterocycles. The molecule has 3 rings (SSSR count). The Kier molecular flexibility index (Phi) is 2.32. The average molecular weight is 265 g/mol. The highest BCUT2D eigenvalue weighted by molar-refractivity contribution is 6.33. The molecule has 1 aromatic carbocycles. The van der Waals surface area contributed by atoms with Crippen LogP contribution in [0.5, 0.6) is 5.75 Å². The van der Waals surface area contributed by atoms with Crippen molar-refractivity contribution in [3.8, 4) is 5.75 Å². The van der Waals surface area contributed by atoms with Crippen molar-refractivity contribution < 1.29 is 9.90 Å². The Morgan fingerprint density at radius 3 is 2.72 bits per heavy atom. The van der Waals surface area contributed by atoms with Gasteiger partial charge in [-0.2, -0.15) is 0 Å². The number of halogens is 1. The average Bonchev–Trinajstić information content (AvgIpc) is 3.05. The van der Waals surface area contributed by atoms with Crippen LogP contribution in [0.4, 0.5) is 0 Å². The fraction of sp³-hybridized carbons (Fsp3) is 0.308. The van der Waals surface area contributed by atoms with E-state index in [0.29, 0.717) is 17.0 Å². The second-order valence-corrected chi connectivity index (χ2v) is 5.15. The lowest BCUT2D eigenvalue weighted by molar-refractivity contribution is 0.100. The lowest BCUT2D eigenvalue weighted by Crippen LogP contribution is -2.12. The first kappa shape index (κ1) is 11.4. The van der Waals surface area contributed by atoms with E-state index in [-0.39, 0.29) is 10.8 Å². The van der Waals surface area contributed by atoms with Gasteiger partial charge in [0.1, 0.15) is 5.75 Å². The van der Waals surface area contributed by atoms with E-state index in [9.17, 15) is 9.90 Å². The molecule has 1 aliphatic carbocycles. The minimum absolute atomic E-state index is 0.0281. The van der Waals surface area contributed by atoms with Gasteiger partial charge in [0, 0.05) is 17.1 Å². The van der Waals surface area contributed by atoms with E-state index in [1.54, 1.807) is 6.07 Å². The zero-order valence-corrected chi connectivity index (χ0v) is 10.7. The van der Waals surface area contributed by atoms with E-state index in [2.05, 4.69) is 4.57 Å². The number of primary amides is 1. The Morgan fingerprint density at radius 1 is 1.50 bits per heavy atom. The topological polar surface area (TPSA) is 68.2 Å². The van der Waals surface area contributed by atoms with Crippen molar-refractivity contribution in [2.45, 2.75) is 25.8 Å². The van der Waals surface area contributed by atoms with Gasteiger partial charge >= 0.3 is 0 Å². The molecule has 3 N–H and O–H groups in total. The summed E-state index contributed by atoms with van der Waals surface area (Å²) in [5.41, 5.74) is 7.63. The number of rotatable bonds is 2. The number of amides is 1. The summed E-state index contributed by atoms with van der Waals surface area (Å²) in [6.07, 6.45) is 2.20. The second-order valence-electron chi connectivity index (χ2n) is 4.75. The zero-order valence-electron chi connectivity index (χ0n) is 9.90. The molecule has 1 amide bonds. The largest absolute Gasteiger partial charge is 0.506 e. The molecule has 1 aliphatic rings. The SMILES string of the molecule is Cc1c(C(N)=O)c2cc(O)c(Cl)cc2n1C1CC1. The first-order valence-electron chi connectivity index (χ1n) is 5.83. The number of aromatic hydroxyl groups is 1. The van der Waals surface area contributed by atoms with Gasteiger partial charge in [-0.25, -0.2) is 0 Å². The summed E-state index contributed by atoms with van der Waals surface area (Å²) >= 11 is 5.95. The molecule has 0 spiro atoms. The first-order valence-corrected chi connectivity index (χ1v) is 6.21. The Bertz CT molecular complexity index is 671. The number of nitrogens with two attached hydrogens (primary N) is 1. The molecule has 1 saturated carbocycles. The number of fused-ring (bicyclic) bond motifs is 1. The normalized spacial score (nSPS) is 15.2. The zero-order chi connectivity index (χ0) is 13.0. The van der Waals surface area contributed by atoms with Gasteiger partial charge in [0.05, 0.1) is 16.1 Å². The number of carbonyl (C=O) groups is 1. The maximum atomic E-state index is 11.6. The van der Waals surface area contributed by atoms with Crippen molar-refractivity contribution in [3.63, 3.8) is 0 Å². The molecule has 1 aromatic heterocycles. The smallest absolute Gasteiger partial charge is 0.251 e. The van der Waals surface area contributed by atoms with Crippen LogP contribution in [0.15, 0.2) is 12.1 Å². The maximum absolute atomic E-state index is 11.6. The van der Waals surface area contributed by atoms with Gasteiger partial charge < -0.3 is 15.4 Å². The van der Waals surface area contributed by atoms with E-state index in [1.165, 1.54) is 6.07 Å². The van der Waals surface area contributed by atoms with Crippen LogP contribution in [0.2, 0.25) is 5.02 Å². The van der Waals surface area contributed by atoms with Gasteiger partial charge in [0.15, 0.2) is 0 Å². The Labute approximate surface area is 109 Å². The molecule has 0 atom stereocenters. The fourth-order valence-corrected chi connectivity index (χ4v) is 2.72. The molecule has 0 saturated heterocycles. The fourth-order valence-electron chi connectivity index (χ4n) is 2.56.